The fourth-order valence-corrected chi connectivity index (χ4v) is 5.07. The van der Waals surface area contributed by atoms with E-state index in [0.29, 0.717) is 25.3 Å². The van der Waals surface area contributed by atoms with Gasteiger partial charge in [0.05, 0.1) is 16.0 Å². The number of para-hydroxylation sites is 1. The first-order valence-electron chi connectivity index (χ1n) is 8.92. The number of piperidine rings is 1. The van der Waals surface area contributed by atoms with Crippen LogP contribution in [0.3, 0.4) is 0 Å². The van der Waals surface area contributed by atoms with E-state index in [-0.39, 0.29) is 17.9 Å². The summed E-state index contributed by atoms with van der Waals surface area (Å²) in [5.41, 5.74) is 6.38. The Labute approximate surface area is 161 Å². The molecule has 1 aromatic carbocycles. The van der Waals surface area contributed by atoms with E-state index in [1.54, 1.807) is 11.3 Å². The van der Waals surface area contributed by atoms with E-state index in [4.69, 9.17) is 5.73 Å². The second kappa shape index (κ2) is 9.34. The van der Waals surface area contributed by atoms with Crippen LogP contribution in [0.1, 0.15) is 25.7 Å². The van der Waals surface area contributed by atoms with Gasteiger partial charge in [0.1, 0.15) is 0 Å². The number of thiazole rings is 1. The predicted octanol–water partition coefficient (Wildman–Crippen LogP) is 2.23. The molecule has 0 aliphatic carbocycles. The van der Waals surface area contributed by atoms with Crippen LogP contribution >= 0.6 is 23.1 Å². The second-order valence-electron chi connectivity index (χ2n) is 6.32. The maximum absolute atomic E-state index is 12.7. The number of hydrogen-bond donors (Lipinski definition) is 2. The molecule has 1 fully saturated rings. The van der Waals surface area contributed by atoms with Gasteiger partial charge in [0.25, 0.3) is 0 Å². The molecule has 0 bridgehead atoms. The van der Waals surface area contributed by atoms with Gasteiger partial charge in [-0.25, -0.2) is 4.98 Å². The molecule has 0 spiro atoms. The molecule has 8 heteroatoms. The Bertz CT molecular complexity index is 731. The Morgan fingerprint density at radius 1 is 1.35 bits per heavy atom. The summed E-state index contributed by atoms with van der Waals surface area (Å²) in [5, 5.41) is 2.90. The average Bonchev–Trinajstić information content (AvgIpc) is 3.08. The van der Waals surface area contributed by atoms with Crippen LogP contribution in [0.15, 0.2) is 28.6 Å². The maximum Gasteiger partial charge on any atom is 0.233 e. The molecule has 2 aromatic rings. The van der Waals surface area contributed by atoms with Crippen molar-refractivity contribution in [3.8, 4) is 0 Å². The monoisotopic (exact) mass is 392 g/mol. The van der Waals surface area contributed by atoms with E-state index in [1.807, 2.05) is 29.2 Å². The van der Waals surface area contributed by atoms with Gasteiger partial charge in [-0.2, -0.15) is 0 Å². The fraction of sp³-hybridized carbons (Fsp3) is 0.500. The Balaban J connectivity index is 1.55. The highest BCUT2D eigenvalue weighted by atomic mass is 32.2. The number of likely N-dealkylation sites (tertiary alicyclic amines) is 1. The number of carbonyl (C=O) groups excluding carboxylic acids is 2. The molecule has 3 N–H and O–H groups in total. The normalized spacial score (nSPS) is 17.4. The third-order valence-corrected chi connectivity index (χ3v) is 6.61. The lowest BCUT2D eigenvalue weighted by Gasteiger charge is -2.35. The van der Waals surface area contributed by atoms with Crippen molar-refractivity contribution >= 4 is 45.1 Å². The minimum atomic E-state index is -0.0469. The molecule has 0 radical (unpaired) electrons. The number of nitrogens with zero attached hydrogens (tertiary/aromatic N) is 2. The van der Waals surface area contributed by atoms with Crippen molar-refractivity contribution in [1.82, 2.24) is 15.2 Å². The molecule has 2 amide bonds. The average molecular weight is 393 g/mol. The number of aromatic nitrogens is 1. The van der Waals surface area contributed by atoms with Gasteiger partial charge in [-0.15, -0.1) is 11.3 Å². The topological polar surface area (TPSA) is 88.3 Å². The zero-order valence-corrected chi connectivity index (χ0v) is 16.3. The lowest BCUT2D eigenvalue weighted by molar-refractivity contribution is -0.132. The van der Waals surface area contributed by atoms with Gasteiger partial charge in [0.15, 0.2) is 4.34 Å². The summed E-state index contributed by atoms with van der Waals surface area (Å²) < 4.78 is 2.06. The molecule has 1 aromatic heterocycles. The standard InChI is InChI=1S/C18H24N4O2S2/c19-9-8-16(23)20-11-13-5-3-4-10-22(13)17(24)12-25-18-21-14-6-1-2-7-15(14)26-18/h1-2,6-7,13H,3-5,8-12,19H2,(H,20,23). The molecule has 1 aliphatic rings. The number of hydrogen-bond acceptors (Lipinski definition) is 6. The van der Waals surface area contributed by atoms with E-state index in [2.05, 4.69) is 10.3 Å². The zero-order chi connectivity index (χ0) is 18.4. The van der Waals surface area contributed by atoms with Crippen LogP contribution in [0, 0.1) is 0 Å². The molecule has 140 valence electrons. The van der Waals surface area contributed by atoms with Crippen LogP contribution < -0.4 is 11.1 Å². The minimum absolute atomic E-state index is 0.0469. The van der Waals surface area contributed by atoms with Crippen molar-refractivity contribution in [3.05, 3.63) is 24.3 Å². The molecule has 1 aliphatic heterocycles. The van der Waals surface area contributed by atoms with Gasteiger partial charge in [-0.1, -0.05) is 23.9 Å². The molecule has 3 rings (SSSR count). The number of thioether (sulfide) groups is 1. The lowest BCUT2D eigenvalue weighted by atomic mass is 10.0. The van der Waals surface area contributed by atoms with Crippen LogP contribution in [-0.4, -0.2) is 53.1 Å². The minimum Gasteiger partial charge on any atom is -0.354 e. The first kappa shape index (κ1) is 19.1. The number of amides is 2. The second-order valence-corrected chi connectivity index (χ2v) is 8.57. The van der Waals surface area contributed by atoms with Gasteiger partial charge >= 0.3 is 0 Å². The Hall–Kier alpha value is -1.64. The highest BCUT2D eigenvalue weighted by Crippen LogP contribution is 2.30. The third kappa shape index (κ3) is 4.96. The summed E-state index contributed by atoms with van der Waals surface area (Å²) in [6, 6.07) is 8.08. The Morgan fingerprint density at radius 3 is 3.00 bits per heavy atom. The summed E-state index contributed by atoms with van der Waals surface area (Å²) in [4.78, 5) is 30.9. The van der Waals surface area contributed by atoms with Crippen LogP contribution in [0.25, 0.3) is 10.2 Å². The summed E-state index contributed by atoms with van der Waals surface area (Å²) >= 11 is 3.11. The molecular weight excluding hydrogens is 368 g/mol. The van der Waals surface area contributed by atoms with Gasteiger partial charge in [0, 0.05) is 32.1 Å². The van der Waals surface area contributed by atoms with Crippen molar-refractivity contribution < 1.29 is 9.59 Å². The number of nitrogens with one attached hydrogen (secondary N) is 1. The number of benzene rings is 1. The molecule has 1 saturated heterocycles. The predicted molar refractivity (Wildman–Crippen MR) is 106 cm³/mol. The molecule has 6 nitrogen and oxygen atoms in total. The van der Waals surface area contributed by atoms with Crippen molar-refractivity contribution in [3.63, 3.8) is 0 Å². The smallest absolute Gasteiger partial charge is 0.233 e. The Morgan fingerprint density at radius 2 is 2.19 bits per heavy atom. The van der Waals surface area contributed by atoms with Gasteiger partial charge < -0.3 is 16.0 Å². The Kier molecular flexibility index (Phi) is 6.87. The van der Waals surface area contributed by atoms with E-state index in [0.717, 1.165) is 40.4 Å². The maximum atomic E-state index is 12.7. The number of carbonyl (C=O) groups is 2. The number of fused-ring (bicyclic) bond motifs is 1. The molecule has 2 heterocycles. The first-order chi connectivity index (χ1) is 12.7. The number of nitrogens with two attached hydrogens (primary N) is 1. The van der Waals surface area contributed by atoms with Crippen molar-refractivity contribution in [2.24, 2.45) is 5.73 Å². The van der Waals surface area contributed by atoms with Gasteiger partial charge in [-0.3, -0.25) is 9.59 Å². The molecular formula is C18H24N4O2S2. The van der Waals surface area contributed by atoms with E-state index in [9.17, 15) is 9.59 Å². The third-order valence-electron chi connectivity index (χ3n) is 4.45. The quantitative estimate of drug-likeness (QED) is 0.706. The SMILES string of the molecule is NCCC(=O)NCC1CCCCN1C(=O)CSc1nc2ccccc2s1. The van der Waals surface area contributed by atoms with Crippen LogP contribution in [0.2, 0.25) is 0 Å². The molecule has 1 atom stereocenters. The summed E-state index contributed by atoms with van der Waals surface area (Å²) in [7, 11) is 0. The fourth-order valence-electron chi connectivity index (χ4n) is 3.11. The van der Waals surface area contributed by atoms with Crippen molar-refractivity contribution in [2.75, 3.05) is 25.4 Å². The van der Waals surface area contributed by atoms with E-state index < -0.39 is 0 Å². The summed E-state index contributed by atoms with van der Waals surface area (Å²) in [5.74, 6) is 0.453. The largest absolute Gasteiger partial charge is 0.354 e. The highest BCUT2D eigenvalue weighted by molar-refractivity contribution is 8.01. The van der Waals surface area contributed by atoms with E-state index in [1.165, 1.54) is 11.8 Å². The van der Waals surface area contributed by atoms with Crippen molar-refractivity contribution in [1.29, 1.82) is 0 Å². The van der Waals surface area contributed by atoms with Gasteiger partial charge in [-0.05, 0) is 31.4 Å². The highest BCUT2D eigenvalue weighted by Gasteiger charge is 2.27. The van der Waals surface area contributed by atoms with Gasteiger partial charge in [0.2, 0.25) is 11.8 Å². The van der Waals surface area contributed by atoms with Crippen LogP contribution in [0.5, 0.6) is 0 Å². The first-order valence-corrected chi connectivity index (χ1v) is 10.7. The summed E-state index contributed by atoms with van der Waals surface area (Å²) in [6.07, 6.45) is 3.37. The zero-order valence-electron chi connectivity index (χ0n) is 14.6. The molecule has 1 unspecified atom stereocenters. The van der Waals surface area contributed by atoms with Crippen molar-refractivity contribution in [2.45, 2.75) is 36.1 Å². The molecule has 0 saturated carbocycles. The van der Waals surface area contributed by atoms with Crippen LogP contribution in [-0.2, 0) is 9.59 Å². The number of rotatable bonds is 7. The van der Waals surface area contributed by atoms with E-state index >= 15 is 0 Å². The summed E-state index contributed by atoms with van der Waals surface area (Å²) in [6.45, 7) is 1.62. The molecule has 26 heavy (non-hydrogen) atoms. The van der Waals surface area contributed by atoms with Crippen LogP contribution in [0.4, 0.5) is 0 Å². The lowest BCUT2D eigenvalue weighted by Crippen LogP contribution is -2.50.